The van der Waals surface area contributed by atoms with E-state index in [2.05, 4.69) is 27.4 Å². The predicted molar refractivity (Wildman–Crippen MR) is 94.2 cm³/mol. The minimum absolute atomic E-state index is 0.160. The van der Waals surface area contributed by atoms with E-state index in [9.17, 15) is 4.39 Å². The van der Waals surface area contributed by atoms with E-state index < -0.39 is 0 Å². The second-order valence-corrected chi connectivity index (χ2v) is 6.32. The molecule has 1 heterocycles. The number of benzene rings is 1. The van der Waals surface area contributed by atoms with Gasteiger partial charge in [-0.05, 0) is 50.4 Å². The molecular formula is C18H29FN4. The molecular weight excluding hydrogens is 291 g/mol. The number of aryl methyl sites for hydroxylation is 1. The van der Waals surface area contributed by atoms with Crippen LogP contribution < -0.4 is 10.6 Å². The Morgan fingerprint density at radius 2 is 2.17 bits per heavy atom. The van der Waals surface area contributed by atoms with Crippen molar-refractivity contribution in [2.45, 2.75) is 45.7 Å². The fourth-order valence-corrected chi connectivity index (χ4v) is 3.03. The molecule has 1 saturated heterocycles. The molecule has 2 N–H and O–H groups in total. The lowest BCUT2D eigenvalue weighted by atomic mass is 10.0. The van der Waals surface area contributed by atoms with Gasteiger partial charge in [0, 0.05) is 32.7 Å². The van der Waals surface area contributed by atoms with Crippen LogP contribution in [0.3, 0.4) is 0 Å². The zero-order chi connectivity index (χ0) is 16.7. The van der Waals surface area contributed by atoms with Gasteiger partial charge in [0.25, 0.3) is 0 Å². The highest BCUT2D eigenvalue weighted by Crippen LogP contribution is 2.15. The number of rotatable bonds is 5. The van der Waals surface area contributed by atoms with Gasteiger partial charge in [0.05, 0.1) is 0 Å². The van der Waals surface area contributed by atoms with Crippen LogP contribution in [0, 0.1) is 12.7 Å². The fourth-order valence-electron chi connectivity index (χ4n) is 3.03. The van der Waals surface area contributed by atoms with Crippen molar-refractivity contribution >= 4 is 5.96 Å². The van der Waals surface area contributed by atoms with Crippen molar-refractivity contribution in [2.24, 2.45) is 4.99 Å². The van der Waals surface area contributed by atoms with Gasteiger partial charge in [-0.15, -0.1) is 0 Å². The number of nitrogens with one attached hydrogen (secondary N) is 2. The van der Waals surface area contributed by atoms with Gasteiger partial charge in [-0.2, -0.15) is 0 Å². The van der Waals surface area contributed by atoms with E-state index in [4.69, 9.17) is 0 Å². The van der Waals surface area contributed by atoms with Gasteiger partial charge in [0.1, 0.15) is 5.82 Å². The van der Waals surface area contributed by atoms with Crippen molar-refractivity contribution in [1.82, 2.24) is 15.5 Å². The first-order valence-electron chi connectivity index (χ1n) is 8.53. The van der Waals surface area contributed by atoms with Crippen molar-refractivity contribution < 1.29 is 4.39 Å². The van der Waals surface area contributed by atoms with E-state index in [0.29, 0.717) is 18.2 Å². The zero-order valence-electron chi connectivity index (χ0n) is 14.5. The summed E-state index contributed by atoms with van der Waals surface area (Å²) in [5.41, 5.74) is 1.72. The Morgan fingerprint density at radius 1 is 1.35 bits per heavy atom. The van der Waals surface area contributed by atoms with Crippen LogP contribution >= 0.6 is 0 Å². The Morgan fingerprint density at radius 3 is 2.87 bits per heavy atom. The molecule has 2 rings (SSSR count). The summed E-state index contributed by atoms with van der Waals surface area (Å²) < 4.78 is 13.3. The molecule has 5 heteroatoms. The maximum absolute atomic E-state index is 13.3. The average molecular weight is 320 g/mol. The highest BCUT2D eigenvalue weighted by atomic mass is 19.1. The highest BCUT2D eigenvalue weighted by Gasteiger charge is 2.17. The molecule has 0 radical (unpaired) electrons. The minimum atomic E-state index is -0.160. The van der Waals surface area contributed by atoms with Gasteiger partial charge in [-0.25, -0.2) is 4.39 Å². The van der Waals surface area contributed by atoms with Crippen molar-refractivity contribution in [3.63, 3.8) is 0 Å². The summed E-state index contributed by atoms with van der Waals surface area (Å²) in [6, 6.07) is 5.87. The number of halogens is 1. The highest BCUT2D eigenvalue weighted by molar-refractivity contribution is 5.79. The maximum atomic E-state index is 13.3. The topological polar surface area (TPSA) is 39.7 Å². The summed E-state index contributed by atoms with van der Waals surface area (Å²) in [5, 5.41) is 6.64. The molecule has 1 aromatic carbocycles. The number of piperidine rings is 1. The summed E-state index contributed by atoms with van der Waals surface area (Å²) in [7, 11) is 1.77. The summed E-state index contributed by atoms with van der Waals surface area (Å²) in [5.74, 6) is 0.628. The number of guanidine groups is 1. The standard InChI is InChI=1S/C18H29FN4/c1-14-12-16(7-8-17(14)19)13-22-18(20-3)21-9-11-23-10-5-4-6-15(23)2/h7-8,12,15H,4-6,9-11,13H2,1-3H3,(H2,20,21,22). The van der Waals surface area contributed by atoms with E-state index >= 15 is 0 Å². The normalized spacial score (nSPS) is 19.7. The molecule has 4 nitrogen and oxygen atoms in total. The number of hydrogen-bond donors (Lipinski definition) is 2. The molecule has 0 saturated carbocycles. The zero-order valence-corrected chi connectivity index (χ0v) is 14.5. The van der Waals surface area contributed by atoms with Crippen molar-refractivity contribution in [3.05, 3.63) is 35.1 Å². The molecule has 0 aliphatic carbocycles. The van der Waals surface area contributed by atoms with Crippen molar-refractivity contribution in [3.8, 4) is 0 Å². The second kappa shape index (κ2) is 8.87. The molecule has 0 bridgehead atoms. The first-order valence-corrected chi connectivity index (χ1v) is 8.53. The van der Waals surface area contributed by atoms with E-state index in [1.807, 2.05) is 6.07 Å². The van der Waals surface area contributed by atoms with Gasteiger partial charge in [-0.3, -0.25) is 9.89 Å². The SMILES string of the molecule is CN=C(NCCN1CCCCC1C)NCc1ccc(F)c(C)c1. The van der Waals surface area contributed by atoms with Gasteiger partial charge >= 0.3 is 0 Å². The minimum Gasteiger partial charge on any atom is -0.355 e. The lowest BCUT2D eigenvalue weighted by Gasteiger charge is -2.33. The Hall–Kier alpha value is -1.62. The lowest BCUT2D eigenvalue weighted by molar-refractivity contribution is 0.163. The fraction of sp³-hybridized carbons (Fsp3) is 0.611. The van der Waals surface area contributed by atoms with Crippen LogP contribution in [0.5, 0.6) is 0 Å². The second-order valence-electron chi connectivity index (χ2n) is 6.32. The Labute approximate surface area is 139 Å². The number of nitrogens with zero attached hydrogens (tertiary/aromatic N) is 2. The Kier molecular flexibility index (Phi) is 6.84. The molecule has 0 spiro atoms. The van der Waals surface area contributed by atoms with Crippen LogP contribution in [0.1, 0.15) is 37.3 Å². The third kappa shape index (κ3) is 5.50. The third-order valence-electron chi connectivity index (χ3n) is 4.54. The Balaban J connectivity index is 1.73. The van der Waals surface area contributed by atoms with Crippen LogP contribution in [0.15, 0.2) is 23.2 Å². The van der Waals surface area contributed by atoms with Crippen LogP contribution in [0.2, 0.25) is 0 Å². The van der Waals surface area contributed by atoms with E-state index in [1.54, 1.807) is 20.0 Å². The predicted octanol–water partition coefficient (Wildman–Crippen LogP) is 2.67. The molecule has 128 valence electrons. The summed E-state index contributed by atoms with van der Waals surface area (Å²) in [6.07, 6.45) is 3.96. The smallest absolute Gasteiger partial charge is 0.191 e. The van der Waals surface area contributed by atoms with Crippen LogP contribution in [0.25, 0.3) is 0 Å². The van der Waals surface area contributed by atoms with Crippen LogP contribution in [-0.2, 0) is 6.54 Å². The van der Waals surface area contributed by atoms with E-state index in [0.717, 1.165) is 24.6 Å². The molecule has 1 fully saturated rings. The third-order valence-corrected chi connectivity index (χ3v) is 4.54. The Bertz CT molecular complexity index is 530. The molecule has 1 unspecified atom stereocenters. The molecule has 0 amide bonds. The molecule has 1 aliphatic heterocycles. The molecule has 1 aliphatic rings. The van der Waals surface area contributed by atoms with Crippen LogP contribution in [-0.4, -0.2) is 43.6 Å². The first-order chi connectivity index (χ1) is 11.1. The van der Waals surface area contributed by atoms with Gasteiger partial charge in [0.15, 0.2) is 5.96 Å². The number of hydrogen-bond acceptors (Lipinski definition) is 2. The molecule has 23 heavy (non-hydrogen) atoms. The average Bonchev–Trinajstić information content (AvgIpc) is 2.55. The summed E-state index contributed by atoms with van der Waals surface area (Å²) >= 11 is 0. The monoisotopic (exact) mass is 320 g/mol. The van der Waals surface area contributed by atoms with Gasteiger partial charge in [-0.1, -0.05) is 18.6 Å². The largest absolute Gasteiger partial charge is 0.355 e. The molecule has 0 aromatic heterocycles. The van der Waals surface area contributed by atoms with Gasteiger partial charge < -0.3 is 10.6 Å². The molecule has 1 aromatic rings. The van der Waals surface area contributed by atoms with E-state index in [1.165, 1.54) is 31.9 Å². The first kappa shape index (κ1) is 17.7. The quantitative estimate of drug-likeness (QED) is 0.647. The van der Waals surface area contributed by atoms with Gasteiger partial charge in [0.2, 0.25) is 0 Å². The molecule has 1 atom stereocenters. The van der Waals surface area contributed by atoms with Crippen molar-refractivity contribution in [2.75, 3.05) is 26.7 Å². The van der Waals surface area contributed by atoms with Crippen LogP contribution in [0.4, 0.5) is 4.39 Å². The number of aliphatic imine (C=N–C) groups is 1. The number of likely N-dealkylation sites (tertiary alicyclic amines) is 1. The summed E-state index contributed by atoms with van der Waals surface area (Å²) in [6.45, 7) is 7.85. The lowest BCUT2D eigenvalue weighted by Crippen LogP contribution is -2.45. The summed E-state index contributed by atoms with van der Waals surface area (Å²) in [4.78, 5) is 6.78. The van der Waals surface area contributed by atoms with E-state index in [-0.39, 0.29) is 5.82 Å². The van der Waals surface area contributed by atoms with Crippen molar-refractivity contribution in [1.29, 1.82) is 0 Å². The maximum Gasteiger partial charge on any atom is 0.191 e.